The van der Waals surface area contributed by atoms with E-state index in [-0.39, 0.29) is 6.10 Å². The first-order valence-corrected chi connectivity index (χ1v) is 11.6. The zero-order valence-corrected chi connectivity index (χ0v) is 19.3. The quantitative estimate of drug-likeness (QED) is 0.660. The summed E-state index contributed by atoms with van der Waals surface area (Å²) in [5, 5.41) is 0. The molecule has 3 aliphatic rings. The van der Waals surface area contributed by atoms with Gasteiger partial charge in [-0.25, -0.2) is 4.98 Å². The van der Waals surface area contributed by atoms with Gasteiger partial charge < -0.3 is 24.2 Å². The van der Waals surface area contributed by atoms with Crippen LogP contribution in [0.4, 0.5) is 11.5 Å². The number of likely N-dealkylation sites (N-methyl/N-ethyl adjacent to an activating group) is 1. The van der Waals surface area contributed by atoms with Crippen molar-refractivity contribution in [2.24, 2.45) is 5.92 Å². The summed E-state index contributed by atoms with van der Waals surface area (Å²) in [6.07, 6.45) is 9.56. The molecule has 1 saturated carbocycles. The molecule has 1 aromatic heterocycles. The molecule has 170 valence electrons. The second kappa shape index (κ2) is 9.08. The maximum absolute atomic E-state index is 5.67. The normalized spacial score (nSPS) is 22.0. The van der Waals surface area contributed by atoms with E-state index in [1.165, 1.54) is 18.5 Å². The highest BCUT2D eigenvalue weighted by Gasteiger charge is 2.29. The molecule has 0 amide bonds. The first-order chi connectivity index (χ1) is 15.6. The monoisotopic (exact) mass is 435 g/mol. The molecule has 1 aromatic carbocycles. The Bertz CT molecular complexity index is 1020. The molecule has 0 spiro atoms. The van der Waals surface area contributed by atoms with Gasteiger partial charge in [0.25, 0.3) is 0 Å². The van der Waals surface area contributed by atoms with Crippen LogP contribution in [0.2, 0.25) is 0 Å². The fourth-order valence-corrected chi connectivity index (χ4v) is 4.48. The SMILES string of the molecule is COC1=CC(OC)CC(N(CC2CC2)c2ccc3ncc(N4CCN(C)CC4)nc3c2)=C1. The highest BCUT2D eigenvalue weighted by Crippen LogP contribution is 2.36. The molecule has 1 aliphatic heterocycles. The van der Waals surface area contributed by atoms with Crippen LogP contribution in [0.25, 0.3) is 11.0 Å². The lowest BCUT2D eigenvalue weighted by Gasteiger charge is -2.33. The van der Waals surface area contributed by atoms with Crippen molar-refractivity contribution in [1.82, 2.24) is 14.9 Å². The van der Waals surface area contributed by atoms with E-state index in [0.717, 1.165) is 73.4 Å². The molecule has 0 bridgehead atoms. The maximum Gasteiger partial charge on any atom is 0.147 e. The highest BCUT2D eigenvalue weighted by molar-refractivity contribution is 5.80. The Kier molecular flexibility index (Phi) is 6.02. The van der Waals surface area contributed by atoms with Gasteiger partial charge in [-0.1, -0.05) is 0 Å². The van der Waals surface area contributed by atoms with Gasteiger partial charge >= 0.3 is 0 Å². The Labute approximate surface area is 190 Å². The second-order valence-corrected chi connectivity index (χ2v) is 9.13. The number of fused-ring (bicyclic) bond motifs is 1. The summed E-state index contributed by atoms with van der Waals surface area (Å²) in [5.41, 5.74) is 4.27. The van der Waals surface area contributed by atoms with Crippen LogP contribution in [-0.4, -0.2) is 75.0 Å². The minimum absolute atomic E-state index is 0.0238. The van der Waals surface area contributed by atoms with Gasteiger partial charge in [-0.15, -0.1) is 0 Å². The number of hydrogen-bond acceptors (Lipinski definition) is 7. The second-order valence-electron chi connectivity index (χ2n) is 9.13. The first kappa shape index (κ1) is 21.2. The molecule has 7 nitrogen and oxygen atoms in total. The molecular formula is C25H33N5O2. The minimum atomic E-state index is 0.0238. The zero-order chi connectivity index (χ0) is 22.1. The summed E-state index contributed by atoms with van der Waals surface area (Å²) in [6, 6.07) is 6.45. The van der Waals surface area contributed by atoms with Crippen molar-refractivity contribution in [3.05, 3.63) is 48.0 Å². The average molecular weight is 436 g/mol. The van der Waals surface area contributed by atoms with E-state index in [4.69, 9.17) is 19.4 Å². The number of hydrogen-bond donors (Lipinski definition) is 0. The molecule has 5 rings (SSSR count). The third kappa shape index (κ3) is 4.59. The van der Waals surface area contributed by atoms with E-state index >= 15 is 0 Å². The van der Waals surface area contributed by atoms with Crippen LogP contribution in [0.1, 0.15) is 19.3 Å². The van der Waals surface area contributed by atoms with Crippen molar-refractivity contribution < 1.29 is 9.47 Å². The Morgan fingerprint density at radius 1 is 1.09 bits per heavy atom. The molecule has 0 N–H and O–H groups in total. The predicted molar refractivity (Wildman–Crippen MR) is 128 cm³/mol. The van der Waals surface area contributed by atoms with Crippen molar-refractivity contribution in [2.45, 2.75) is 25.4 Å². The summed E-state index contributed by atoms with van der Waals surface area (Å²) in [7, 11) is 5.64. The molecule has 0 radical (unpaired) electrons. The molecule has 1 unspecified atom stereocenters. The van der Waals surface area contributed by atoms with E-state index < -0.39 is 0 Å². The smallest absolute Gasteiger partial charge is 0.147 e. The van der Waals surface area contributed by atoms with Crippen LogP contribution in [0.3, 0.4) is 0 Å². The molecular weight excluding hydrogens is 402 g/mol. The van der Waals surface area contributed by atoms with Crippen LogP contribution < -0.4 is 9.80 Å². The number of benzene rings is 1. The summed E-state index contributed by atoms with van der Waals surface area (Å²) in [6.45, 7) is 5.09. The van der Waals surface area contributed by atoms with Crippen molar-refractivity contribution in [3.63, 3.8) is 0 Å². The number of rotatable bonds is 7. The number of aromatic nitrogens is 2. The minimum Gasteiger partial charge on any atom is -0.497 e. The van der Waals surface area contributed by atoms with Gasteiger partial charge in [0.2, 0.25) is 0 Å². The molecule has 2 heterocycles. The van der Waals surface area contributed by atoms with Crippen molar-refractivity contribution >= 4 is 22.5 Å². The Morgan fingerprint density at radius 3 is 2.62 bits per heavy atom. The number of piperazine rings is 1. The number of methoxy groups -OCH3 is 2. The van der Waals surface area contributed by atoms with E-state index in [1.54, 1.807) is 14.2 Å². The fourth-order valence-electron chi connectivity index (χ4n) is 4.48. The third-order valence-corrected chi connectivity index (χ3v) is 6.74. The van der Waals surface area contributed by atoms with E-state index in [9.17, 15) is 0 Å². The van der Waals surface area contributed by atoms with Crippen LogP contribution in [-0.2, 0) is 9.47 Å². The lowest BCUT2D eigenvalue weighted by molar-refractivity contribution is 0.133. The standard InChI is InChI=1S/C25H33N5O2/c1-28-8-10-29(11-9-28)25-16-26-23-7-6-19(14-24(23)27-25)30(17-18-4-5-18)20-12-21(31-2)15-22(13-20)32-3/h6-7,12,14-16,18,22H,4-5,8-11,13,17H2,1-3H3. The van der Waals surface area contributed by atoms with Crippen LogP contribution in [0.15, 0.2) is 48.0 Å². The third-order valence-electron chi connectivity index (χ3n) is 6.74. The Hall–Kier alpha value is -2.64. The van der Waals surface area contributed by atoms with Crippen molar-refractivity contribution in [3.8, 4) is 0 Å². The molecule has 32 heavy (non-hydrogen) atoms. The summed E-state index contributed by atoms with van der Waals surface area (Å²) >= 11 is 0. The van der Waals surface area contributed by atoms with E-state index in [2.05, 4.69) is 46.0 Å². The van der Waals surface area contributed by atoms with Crippen LogP contribution in [0, 0.1) is 5.92 Å². The maximum atomic E-state index is 5.67. The number of nitrogens with zero attached hydrogens (tertiary/aromatic N) is 5. The van der Waals surface area contributed by atoms with Crippen molar-refractivity contribution in [1.29, 1.82) is 0 Å². The summed E-state index contributed by atoms with van der Waals surface area (Å²) < 4.78 is 11.2. The molecule has 2 aliphatic carbocycles. The number of ether oxygens (including phenoxy) is 2. The molecule has 7 heteroatoms. The summed E-state index contributed by atoms with van der Waals surface area (Å²) in [5.74, 6) is 2.57. The lowest BCUT2D eigenvalue weighted by atomic mass is 10.0. The van der Waals surface area contributed by atoms with Gasteiger partial charge in [0.05, 0.1) is 30.4 Å². The van der Waals surface area contributed by atoms with Gasteiger partial charge in [0.15, 0.2) is 0 Å². The van der Waals surface area contributed by atoms with Crippen LogP contribution >= 0.6 is 0 Å². The molecule has 2 aromatic rings. The topological polar surface area (TPSA) is 54.0 Å². The largest absolute Gasteiger partial charge is 0.497 e. The zero-order valence-electron chi connectivity index (χ0n) is 19.3. The average Bonchev–Trinajstić information content (AvgIpc) is 3.66. The summed E-state index contributed by atoms with van der Waals surface area (Å²) in [4.78, 5) is 16.8. The Balaban J connectivity index is 1.47. The Morgan fingerprint density at radius 2 is 1.91 bits per heavy atom. The van der Waals surface area contributed by atoms with E-state index in [0.29, 0.717) is 0 Å². The molecule has 2 fully saturated rings. The van der Waals surface area contributed by atoms with Crippen molar-refractivity contribution in [2.75, 3.05) is 63.8 Å². The van der Waals surface area contributed by atoms with Gasteiger partial charge in [-0.2, -0.15) is 0 Å². The van der Waals surface area contributed by atoms with Gasteiger partial charge in [0.1, 0.15) is 11.6 Å². The van der Waals surface area contributed by atoms with Crippen LogP contribution in [0.5, 0.6) is 0 Å². The predicted octanol–water partition coefficient (Wildman–Crippen LogP) is 3.43. The number of anilines is 2. The van der Waals surface area contributed by atoms with Gasteiger partial charge in [-0.05, 0) is 56.2 Å². The molecule has 1 atom stereocenters. The highest BCUT2D eigenvalue weighted by atomic mass is 16.5. The van der Waals surface area contributed by atoms with Gasteiger partial charge in [-0.3, -0.25) is 4.98 Å². The number of allylic oxidation sites excluding steroid dienone is 1. The lowest BCUT2D eigenvalue weighted by Crippen LogP contribution is -2.44. The van der Waals surface area contributed by atoms with E-state index in [1.807, 2.05) is 12.3 Å². The molecule has 1 saturated heterocycles. The van der Waals surface area contributed by atoms with Gasteiger partial charge in [0, 0.05) is 57.6 Å². The first-order valence-electron chi connectivity index (χ1n) is 11.6. The fraction of sp³-hybridized carbons (Fsp3) is 0.520.